The highest BCUT2D eigenvalue weighted by Crippen LogP contribution is 2.67. The van der Waals surface area contributed by atoms with Crippen LogP contribution in [0.2, 0.25) is 0 Å². The van der Waals surface area contributed by atoms with Gasteiger partial charge < -0.3 is 10.4 Å². The van der Waals surface area contributed by atoms with E-state index in [9.17, 15) is 14.7 Å². The molecular formula is C30H51NO3. The zero-order valence-electron chi connectivity index (χ0n) is 22.2. The minimum absolute atomic E-state index is 0.117. The van der Waals surface area contributed by atoms with Gasteiger partial charge in [-0.1, -0.05) is 52.9 Å². The number of ketones is 1. The Morgan fingerprint density at radius 3 is 2.53 bits per heavy atom. The average Bonchev–Trinajstić information content (AvgIpc) is 3.12. The molecule has 1 amide bonds. The van der Waals surface area contributed by atoms with Gasteiger partial charge in [0.1, 0.15) is 5.78 Å². The molecule has 34 heavy (non-hydrogen) atoms. The van der Waals surface area contributed by atoms with E-state index in [2.05, 4.69) is 26.1 Å². The highest BCUT2D eigenvalue weighted by atomic mass is 16.3. The van der Waals surface area contributed by atoms with Gasteiger partial charge in [-0.15, -0.1) is 0 Å². The maximum absolute atomic E-state index is 12.4. The largest absolute Gasteiger partial charge is 0.393 e. The number of hydrogen-bond acceptors (Lipinski definition) is 3. The molecule has 4 aliphatic rings. The SMILES string of the molecule is CCCNC(=O)CCCCCCCC1CC2CC(=O)CC[C@]2(C)[C@@H]2CC[C@]3(C)C(O)CC[C@H]3[C@H]12. The predicted octanol–water partition coefficient (Wildman–Crippen LogP) is 6.44. The highest BCUT2D eigenvalue weighted by molar-refractivity contribution is 5.79. The predicted molar refractivity (Wildman–Crippen MR) is 137 cm³/mol. The summed E-state index contributed by atoms with van der Waals surface area (Å²) in [6.45, 7) is 7.80. The lowest BCUT2D eigenvalue weighted by atomic mass is 9.42. The maximum atomic E-state index is 12.4. The lowest BCUT2D eigenvalue weighted by molar-refractivity contribution is -0.156. The highest BCUT2D eigenvalue weighted by Gasteiger charge is 2.62. The summed E-state index contributed by atoms with van der Waals surface area (Å²) in [7, 11) is 0. The smallest absolute Gasteiger partial charge is 0.219 e. The van der Waals surface area contributed by atoms with Gasteiger partial charge in [-0.3, -0.25) is 9.59 Å². The molecule has 4 fully saturated rings. The molecule has 0 aliphatic heterocycles. The summed E-state index contributed by atoms with van der Waals surface area (Å²) in [5.74, 6) is 4.17. The molecule has 0 radical (unpaired) electrons. The van der Waals surface area contributed by atoms with Crippen LogP contribution in [0.25, 0.3) is 0 Å². The molecule has 4 saturated carbocycles. The zero-order chi connectivity index (χ0) is 24.3. The Bertz CT molecular complexity index is 722. The molecule has 0 bridgehead atoms. The molecule has 2 N–H and O–H groups in total. The number of carbonyl (C=O) groups is 2. The summed E-state index contributed by atoms with van der Waals surface area (Å²) in [6, 6.07) is 0. The van der Waals surface area contributed by atoms with Crippen LogP contribution >= 0.6 is 0 Å². The monoisotopic (exact) mass is 473 g/mol. The van der Waals surface area contributed by atoms with Gasteiger partial charge >= 0.3 is 0 Å². The Morgan fingerprint density at radius 2 is 1.74 bits per heavy atom. The van der Waals surface area contributed by atoms with Gasteiger partial charge in [0.05, 0.1) is 6.10 Å². The Hall–Kier alpha value is -0.900. The Morgan fingerprint density at radius 1 is 1.00 bits per heavy atom. The van der Waals surface area contributed by atoms with Gasteiger partial charge in [0.2, 0.25) is 5.91 Å². The van der Waals surface area contributed by atoms with Crippen LogP contribution in [-0.2, 0) is 9.59 Å². The van der Waals surface area contributed by atoms with Crippen molar-refractivity contribution in [1.29, 1.82) is 0 Å². The molecule has 194 valence electrons. The van der Waals surface area contributed by atoms with E-state index in [4.69, 9.17) is 0 Å². The van der Waals surface area contributed by atoms with Crippen molar-refractivity contribution in [2.75, 3.05) is 6.54 Å². The van der Waals surface area contributed by atoms with Crippen molar-refractivity contribution in [3.8, 4) is 0 Å². The first-order chi connectivity index (χ1) is 16.3. The lowest BCUT2D eigenvalue weighted by Gasteiger charge is -2.62. The fraction of sp³-hybridized carbons (Fsp3) is 0.933. The third-order valence-electron chi connectivity index (χ3n) is 11.2. The van der Waals surface area contributed by atoms with Crippen molar-refractivity contribution in [2.24, 2.45) is 40.4 Å². The van der Waals surface area contributed by atoms with Crippen molar-refractivity contribution in [3.63, 3.8) is 0 Å². The van der Waals surface area contributed by atoms with Crippen LogP contribution in [0.15, 0.2) is 0 Å². The van der Waals surface area contributed by atoms with E-state index in [1.54, 1.807) is 0 Å². The van der Waals surface area contributed by atoms with Crippen LogP contribution in [0, 0.1) is 40.4 Å². The van der Waals surface area contributed by atoms with Crippen molar-refractivity contribution < 1.29 is 14.7 Å². The van der Waals surface area contributed by atoms with E-state index in [1.807, 2.05) is 0 Å². The summed E-state index contributed by atoms with van der Waals surface area (Å²) in [4.78, 5) is 24.2. The fourth-order valence-electron chi connectivity index (χ4n) is 9.07. The molecule has 3 unspecified atom stereocenters. The number of aliphatic hydroxyl groups excluding tert-OH is 1. The van der Waals surface area contributed by atoms with Crippen molar-refractivity contribution in [3.05, 3.63) is 0 Å². The molecule has 0 spiro atoms. The molecule has 4 nitrogen and oxygen atoms in total. The number of Topliss-reactive ketones (excluding diaryl/α,β-unsaturated/α-hetero) is 1. The van der Waals surface area contributed by atoms with Crippen LogP contribution in [0.1, 0.15) is 124 Å². The van der Waals surface area contributed by atoms with Crippen molar-refractivity contribution in [1.82, 2.24) is 5.32 Å². The van der Waals surface area contributed by atoms with Gasteiger partial charge in [0.25, 0.3) is 0 Å². The fourth-order valence-corrected chi connectivity index (χ4v) is 9.07. The van der Waals surface area contributed by atoms with Crippen molar-refractivity contribution in [2.45, 2.75) is 130 Å². The molecule has 4 aliphatic carbocycles. The number of amides is 1. The zero-order valence-corrected chi connectivity index (χ0v) is 22.2. The van der Waals surface area contributed by atoms with Gasteiger partial charge in [0.15, 0.2) is 0 Å². The van der Waals surface area contributed by atoms with E-state index in [-0.39, 0.29) is 17.4 Å². The topological polar surface area (TPSA) is 66.4 Å². The van der Waals surface area contributed by atoms with Gasteiger partial charge in [-0.25, -0.2) is 0 Å². The first-order valence-electron chi connectivity index (χ1n) is 14.8. The number of aliphatic hydroxyl groups is 1. The molecule has 0 aromatic rings. The summed E-state index contributed by atoms with van der Waals surface area (Å²) in [5, 5.41) is 13.9. The Labute approximate surface area is 208 Å². The second-order valence-electron chi connectivity index (χ2n) is 13.0. The van der Waals surface area contributed by atoms with E-state index in [1.165, 1.54) is 51.4 Å². The van der Waals surface area contributed by atoms with Crippen LogP contribution < -0.4 is 5.32 Å². The number of unbranched alkanes of at least 4 members (excludes halogenated alkanes) is 4. The number of carbonyl (C=O) groups excluding carboxylic acids is 2. The third-order valence-corrected chi connectivity index (χ3v) is 11.2. The quantitative estimate of drug-likeness (QED) is 0.359. The van der Waals surface area contributed by atoms with Gasteiger partial charge in [0, 0.05) is 25.8 Å². The second kappa shape index (κ2) is 11.0. The molecule has 0 saturated heterocycles. The summed E-state index contributed by atoms with van der Waals surface area (Å²) < 4.78 is 0. The lowest BCUT2D eigenvalue weighted by Crippen LogP contribution is -2.57. The van der Waals surface area contributed by atoms with Crippen LogP contribution in [-0.4, -0.2) is 29.4 Å². The van der Waals surface area contributed by atoms with Crippen molar-refractivity contribution >= 4 is 11.7 Å². The van der Waals surface area contributed by atoms with Crippen LogP contribution in [0.5, 0.6) is 0 Å². The van der Waals surface area contributed by atoms with Crippen LogP contribution in [0.4, 0.5) is 0 Å². The molecule has 0 aromatic heterocycles. The molecule has 0 aromatic carbocycles. The summed E-state index contributed by atoms with van der Waals surface area (Å²) in [5.41, 5.74) is 0.452. The first-order valence-corrected chi connectivity index (χ1v) is 14.8. The number of nitrogens with one attached hydrogen (secondary N) is 1. The van der Waals surface area contributed by atoms with Crippen LogP contribution in [0.3, 0.4) is 0 Å². The number of rotatable bonds is 10. The van der Waals surface area contributed by atoms with E-state index >= 15 is 0 Å². The molecule has 8 atom stereocenters. The van der Waals surface area contributed by atoms with Gasteiger partial charge in [-0.2, -0.15) is 0 Å². The summed E-state index contributed by atoms with van der Waals surface area (Å²) >= 11 is 0. The van der Waals surface area contributed by atoms with E-state index in [0.717, 1.165) is 69.2 Å². The van der Waals surface area contributed by atoms with Gasteiger partial charge in [-0.05, 0) is 91.8 Å². The molecular weight excluding hydrogens is 422 g/mol. The second-order valence-corrected chi connectivity index (χ2v) is 13.0. The first kappa shape index (κ1) is 26.2. The summed E-state index contributed by atoms with van der Waals surface area (Å²) in [6.07, 6.45) is 17.3. The van der Waals surface area contributed by atoms with E-state index in [0.29, 0.717) is 29.5 Å². The third kappa shape index (κ3) is 5.13. The standard InChI is InChI=1S/C30H51NO3/c1-4-18-31-27(34)11-9-7-5-6-8-10-21-19-22-20-23(32)14-16-29(22,2)25-15-17-30(3)24(28(21)25)12-13-26(30)33/h21-22,24-26,28,33H,4-20H2,1-3H3,(H,31,34)/t21?,22?,24-,25+,26?,28-,29-,30-/m0/s1. The minimum atomic E-state index is -0.118. The maximum Gasteiger partial charge on any atom is 0.219 e. The molecule has 4 heteroatoms. The van der Waals surface area contributed by atoms with E-state index < -0.39 is 0 Å². The Kier molecular flexibility index (Phi) is 8.48. The minimum Gasteiger partial charge on any atom is -0.393 e. The number of hydrogen-bond donors (Lipinski definition) is 2. The molecule has 0 heterocycles. The molecule has 4 rings (SSSR count). The average molecular weight is 474 g/mol. The normalized spacial score (nSPS) is 41.5. The Balaban J connectivity index is 1.34. The number of fused-ring (bicyclic) bond motifs is 5.